The van der Waals surface area contributed by atoms with Crippen molar-refractivity contribution < 1.29 is 28.5 Å². The molecule has 0 unspecified atom stereocenters. The van der Waals surface area contributed by atoms with Crippen LogP contribution in [0.5, 0.6) is 11.5 Å². The van der Waals surface area contributed by atoms with Gasteiger partial charge in [-0.3, -0.25) is 9.78 Å². The van der Waals surface area contributed by atoms with E-state index in [1.165, 1.54) is 0 Å². The minimum Gasteiger partial charge on any atom is -0.492 e. The number of morpholine rings is 1. The van der Waals surface area contributed by atoms with Crippen LogP contribution in [0.4, 0.5) is 11.4 Å². The number of rotatable bonds is 12. The number of aryl methyl sites for hydroxylation is 1. The summed E-state index contributed by atoms with van der Waals surface area (Å²) in [5.74, 6) is 0.149. The molecule has 1 amide bonds. The highest BCUT2D eigenvalue weighted by Gasteiger charge is 2.23. The van der Waals surface area contributed by atoms with Gasteiger partial charge in [0.2, 0.25) is 0 Å². The Morgan fingerprint density at radius 2 is 1.73 bits per heavy atom. The average Bonchev–Trinajstić information content (AvgIpc) is 2.97. The quantitative estimate of drug-likeness (QED) is 0.309. The molecule has 40 heavy (non-hydrogen) atoms. The first kappa shape index (κ1) is 29.1. The van der Waals surface area contributed by atoms with Gasteiger partial charge >= 0.3 is 5.97 Å². The van der Waals surface area contributed by atoms with Gasteiger partial charge in [0.1, 0.15) is 11.5 Å². The molecule has 9 nitrogen and oxygen atoms in total. The highest BCUT2D eigenvalue weighted by atomic mass is 16.5. The number of fused-ring (bicyclic) bond motifs is 1. The van der Waals surface area contributed by atoms with Crippen molar-refractivity contribution >= 4 is 34.2 Å². The summed E-state index contributed by atoms with van der Waals surface area (Å²) in [5.41, 5.74) is 4.32. The molecule has 1 aliphatic heterocycles. The SMILES string of the molecule is CCCc1nc2ccccc2c(C(=O)OCC(=O)Nc2cc(OCC)c(N3CCOCC3)cc2OCC)c1CC. The molecular weight excluding hydrogens is 510 g/mol. The highest BCUT2D eigenvalue weighted by molar-refractivity contribution is 6.06. The van der Waals surface area contributed by atoms with Gasteiger partial charge in [-0.15, -0.1) is 0 Å². The number of carbonyl (C=O) groups excluding carboxylic acids is 2. The Balaban J connectivity index is 1.55. The van der Waals surface area contributed by atoms with E-state index >= 15 is 0 Å². The summed E-state index contributed by atoms with van der Waals surface area (Å²) < 4.78 is 22.9. The number of benzene rings is 2. The van der Waals surface area contributed by atoms with E-state index < -0.39 is 18.5 Å². The van der Waals surface area contributed by atoms with E-state index in [2.05, 4.69) is 17.1 Å². The summed E-state index contributed by atoms with van der Waals surface area (Å²) in [5, 5.41) is 3.58. The van der Waals surface area contributed by atoms with E-state index in [4.69, 9.17) is 23.9 Å². The summed E-state index contributed by atoms with van der Waals surface area (Å²) >= 11 is 0. The third-order valence-electron chi connectivity index (χ3n) is 6.74. The summed E-state index contributed by atoms with van der Waals surface area (Å²) in [6.45, 7) is 11.1. The maximum Gasteiger partial charge on any atom is 0.339 e. The molecule has 2 heterocycles. The number of nitrogens with zero attached hydrogens (tertiary/aromatic N) is 2. The molecule has 0 atom stereocenters. The van der Waals surface area contributed by atoms with E-state index in [-0.39, 0.29) is 0 Å². The van der Waals surface area contributed by atoms with E-state index in [1.54, 1.807) is 6.07 Å². The molecule has 0 radical (unpaired) electrons. The van der Waals surface area contributed by atoms with E-state index in [0.29, 0.717) is 55.6 Å². The van der Waals surface area contributed by atoms with Gasteiger partial charge < -0.3 is 29.2 Å². The lowest BCUT2D eigenvalue weighted by Crippen LogP contribution is -2.36. The number of nitrogens with one attached hydrogen (secondary N) is 1. The van der Waals surface area contributed by atoms with Gasteiger partial charge in [-0.05, 0) is 38.3 Å². The molecule has 9 heteroatoms. The minimum atomic E-state index is -0.536. The Hall–Kier alpha value is -3.85. The number of hydrogen-bond donors (Lipinski definition) is 1. The van der Waals surface area contributed by atoms with Gasteiger partial charge in [-0.1, -0.05) is 38.5 Å². The zero-order valence-corrected chi connectivity index (χ0v) is 23.9. The number of aromatic nitrogens is 1. The topological polar surface area (TPSA) is 99.2 Å². The lowest BCUT2D eigenvalue weighted by molar-refractivity contribution is -0.119. The molecule has 1 aliphatic rings. The lowest BCUT2D eigenvalue weighted by Gasteiger charge is -2.31. The largest absolute Gasteiger partial charge is 0.492 e. The van der Waals surface area contributed by atoms with Crippen molar-refractivity contribution in [2.24, 2.45) is 0 Å². The molecule has 214 valence electrons. The maximum absolute atomic E-state index is 13.4. The van der Waals surface area contributed by atoms with Crippen LogP contribution in [-0.2, 0) is 27.1 Å². The van der Waals surface area contributed by atoms with Crippen LogP contribution in [-0.4, -0.2) is 63.0 Å². The number of pyridine rings is 1. The summed E-state index contributed by atoms with van der Waals surface area (Å²) in [4.78, 5) is 33.4. The van der Waals surface area contributed by atoms with Crippen LogP contribution >= 0.6 is 0 Å². The minimum absolute atomic E-state index is 0.420. The van der Waals surface area contributed by atoms with Gasteiger partial charge in [-0.2, -0.15) is 0 Å². The first-order valence-electron chi connectivity index (χ1n) is 14.1. The van der Waals surface area contributed by atoms with Crippen molar-refractivity contribution in [1.29, 1.82) is 0 Å². The van der Waals surface area contributed by atoms with Crippen LogP contribution in [0.1, 0.15) is 55.7 Å². The number of hydrogen-bond acceptors (Lipinski definition) is 8. The van der Waals surface area contributed by atoms with Crippen LogP contribution in [0.25, 0.3) is 10.9 Å². The van der Waals surface area contributed by atoms with Crippen LogP contribution in [0.15, 0.2) is 36.4 Å². The fraction of sp³-hybridized carbons (Fsp3) is 0.452. The predicted molar refractivity (Wildman–Crippen MR) is 156 cm³/mol. The Bertz CT molecular complexity index is 1340. The van der Waals surface area contributed by atoms with Gasteiger partial charge in [0.15, 0.2) is 6.61 Å². The molecule has 0 aliphatic carbocycles. The monoisotopic (exact) mass is 549 g/mol. The van der Waals surface area contributed by atoms with Crippen molar-refractivity contribution in [3.8, 4) is 11.5 Å². The fourth-order valence-corrected chi connectivity index (χ4v) is 4.99. The summed E-state index contributed by atoms with van der Waals surface area (Å²) in [6, 6.07) is 11.2. The second-order valence-electron chi connectivity index (χ2n) is 9.44. The van der Waals surface area contributed by atoms with Gasteiger partial charge in [-0.25, -0.2) is 4.79 Å². The second kappa shape index (κ2) is 14.0. The maximum atomic E-state index is 13.4. The van der Waals surface area contributed by atoms with Crippen LogP contribution in [0.3, 0.4) is 0 Å². The molecule has 0 saturated carbocycles. The van der Waals surface area contributed by atoms with Crippen LogP contribution < -0.4 is 19.7 Å². The predicted octanol–water partition coefficient (Wildman–Crippen LogP) is 5.18. The van der Waals surface area contributed by atoms with Gasteiger partial charge in [0.05, 0.1) is 48.9 Å². The van der Waals surface area contributed by atoms with Gasteiger partial charge in [0.25, 0.3) is 5.91 Å². The molecule has 1 saturated heterocycles. The molecule has 0 spiro atoms. The number of amides is 1. The summed E-state index contributed by atoms with van der Waals surface area (Å²) in [7, 11) is 0. The highest BCUT2D eigenvalue weighted by Crippen LogP contribution is 2.39. The summed E-state index contributed by atoms with van der Waals surface area (Å²) in [6.07, 6.45) is 2.31. The standard InChI is InChI=1S/C31H39N3O6/c1-5-11-23-21(6-2)30(22-12-9-10-13-24(22)32-23)31(36)40-20-29(35)33-25-18-28(39-8-4)26(19-27(25)38-7-3)34-14-16-37-17-15-34/h9-10,12-13,18-19H,5-8,11,14-17,20H2,1-4H3,(H,33,35). The Morgan fingerprint density at radius 3 is 2.42 bits per heavy atom. The molecule has 1 aromatic heterocycles. The van der Waals surface area contributed by atoms with E-state index in [9.17, 15) is 9.59 Å². The zero-order valence-electron chi connectivity index (χ0n) is 23.9. The van der Waals surface area contributed by atoms with Crippen molar-refractivity contribution in [3.05, 3.63) is 53.2 Å². The normalized spacial score (nSPS) is 13.2. The Morgan fingerprint density at radius 1 is 1.00 bits per heavy atom. The molecule has 1 N–H and O–H groups in total. The average molecular weight is 550 g/mol. The number of esters is 1. The first-order valence-corrected chi connectivity index (χ1v) is 14.1. The van der Waals surface area contributed by atoms with E-state index in [1.807, 2.05) is 51.1 Å². The van der Waals surface area contributed by atoms with Crippen molar-refractivity contribution in [3.63, 3.8) is 0 Å². The molecule has 2 aromatic carbocycles. The Labute approximate surface area is 235 Å². The van der Waals surface area contributed by atoms with E-state index in [0.717, 1.165) is 53.8 Å². The fourth-order valence-electron chi connectivity index (χ4n) is 4.99. The number of para-hydroxylation sites is 1. The molecule has 0 bridgehead atoms. The smallest absolute Gasteiger partial charge is 0.339 e. The zero-order chi connectivity index (χ0) is 28.5. The van der Waals surface area contributed by atoms with Crippen LogP contribution in [0.2, 0.25) is 0 Å². The molecular formula is C31H39N3O6. The lowest BCUT2D eigenvalue weighted by atomic mass is 9.96. The molecule has 4 rings (SSSR count). The molecule has 1 fully saturated rings. The van der Waals surface area contributed by atoms with Crippen molar-refractivity contribution in [2.45, 2.75) is 47.0 Å². The first-order chi connectivity index (χ1) is 19.5. The third-order valence-corrected chi connectivity index (χ3v) is 6.74. The number of carbonyl (C=O) groups is 2. The number of ether oxygens (including phenoxy) is 4. The second-order valence-corrected chi connectivity index (χ2v) is 9.44. The number of anilines is 2. The van der Waals surface area contributed by atoms with Gasteiger partial charge in [0, 0.05) is 36.3 Å². The van der Waals surface area contributed by atoms with Crippen molar-refractivity contribution in [2.75, 3.05) is 56.3 Å². The van der Waals surface area contributed by atoms with Crippen molar-refractivity contribution in [1.82, 2.24) is 4.98 Å². The Kier molecular flexibility index (Phi) is 10.2. The van der Waals surface area contributed by atoms with Crippen LogP contribution in [0, 0.1) is 0 Å². The molecule has 3 aromatic rings. The third kappa shape index (κ3) is 6.65.